The van der Waals surface area contributed by atoms with E-state index in [0.717, 1.165) is 44.2 Å². The largest absolute Gasteiger partial charge is 0.317 e. The lowest BCUT2D eigenvalue weighted by Crippen LogP contribution is -2.35. The fraction of sp³-hybridized carbons (Fsp3) is 0.600. The standard InChI is InChI=1S/C15H22BrFN2/c1-2-19(10-12-5-7-18-8-6-12)11-13-3-4-14(16)15(17)9-13/h3-4,9,12,18H,2,5-8,10-11H2,1H3. The molecule has 0 aliphatic carbocycles. The summed E-state index contributed by atoms with van der Waals surface area (Å²) in [6.45, 7) is 7.42. The summed E-state index contributed by atoms with van der Waals surface area (Å²) < 4.78 is 14.1. The second-order valence-electron chi connectivity index (χ2n) is 5.27. The van der Waals surface area contributed by atoms with Crippen molar-refractivity contribution >= 4 is 15.9 Å². The second-order valence-corrected chi connectivity index (χ2v) is 6.12. The molecule has 1 aromatic carbocycles. The van der Waals surface area contributed by atoms with Gasteiger partial charge in [0.2, 0.25) is 0 Å². The van der Waals surface area contributed by atoms with Gasteiger partial charge in [-0.25, -0.2) is 4.39 Å². The van der Waals surface area contributed by atoms with Crippen LogP contribution in [0.2, 0.25) is 0 Å². The molecule has 0 spiro atoms. The van der Waals surface area contributed by atoms with Gasteiger partial charge in [0.1, 0.15) is 5.82 Å². The van der Waals surface area contributed by atoms with Crippen molar-refractivity contribution in [1.29, 1.82) is 0 Å². The summed E-state index contributed by atoms with van der Waals surface area (Å²) >= 11 is 3.20. The third-order valence-corrected chi connectivity index (χ3v) is 4.46. The van der Waals surface area contributed by atoms with E-state index in [1.54, 1.807) is 12.1 Å². The summed E-state index contributed by atoms with van der Waals surface area (Å²) in [4.78, 5) is 2.42. The van der Waals surface area contributed by atoms with E-state index < -0.39 is 0 Å². The van der Waals surface area contributed by atoms with E-state index in [2.05, 4.69) is 33.1 Å². The monoisotopic (exact) mass is 328 g/mol. The minimum absolute atomic E-state index is 0.171. The van der Waals surface area contributed by atoms with E-state index in [4.69, 9.17) is 0 Å². The predicted octanol–water partition coefficient (Wildman–Crippen LogP) is 3.41. The van der Waals surface area contributed by atoms with Crippen LogP contribution in [0.1, 0.15) is 25.3 Å². The molecule has 19 heavy (non-hydrogen) atoms. The van der Waals surface area contributed by atoms with E-state index in [0.29, 0.717) is 4.47 Å². The maximum Gasteiger partial charge on any atom is 0.137 e. The van der Waals surface area contributed by atoms with Crippen LogP contribution in [0, 0.1) is 11.7 Å². The first kappa shape index (κ1) is 14.9. The molecular formula is C15H22BrFN2. The first-order valence-corrected chi connectivity index (χ1v) is 7.85. The molecule has 0 bridgehead atoms. The van der Waals surface area contributed by atoms with Crippen LogP contribution in [0.25, 0.3) is 0 Å². The number of nitrogens with zero attached hydrogens (tertiary/aromatic N) is 1. The third-order valence-electron chi connectivity index (χ3n) is 3.81. The molecule has 1 aromatic rings. The highest BCUT2D eigenvalue weighted by molar-refractivity contribution is 9.10. The van der Waals surface area contributed by atoms with E-state index >= 15 is 0 Å². The van der Waals surface area contributed by atoms with E-state index in [1.807, 2.05) is 6.07 Å². The molecule has 2 rings (SSSR count). The molecule has 1 fully saturated rings. The highest BCUT2D eigenvalue weighted by atomic mass is 79.9. The molecule has 1 N–H and O–H groups in total. The zero-order valence-corrected chi connectivity index (χ0v) is 13.0. The topological polar surface area (TPSA) is 15.3 Å². The molecule has 0 saturated carbocycles. The highest BCUT2D eigenvalue weighted by Gasteiger charge is 2.16. The first-order chi connectivity index (χ1) is 9.19. The van der Waals surface area contributed by atoms with Crippen molar-refractivity contribution in [1.82, 2.24) is 10.2 Å². The Balaban J connectivity index is 1.92. The van der Waals surface area contributed by atoms with Gasteiger partial charge in [0.05, 0.1) is 4.47 Å². The fourth-order valence-corrected chi connectivity index (χ4v) is 2.88. The maximum absolute atomic E-state index is 13.5. The maximum atomic E-state index is 13.5. The third kappa shape index (κ3) is 4.55. The lowest BCUT2D eigenvalue weighted by molar-refractivity contribution is 0.207. The number of benzene rings is 1. The van der Waals surface area contributed by atoms with Crippen LogP contribution >= 0.6 is 15.9 Å². The summed E-state index contributed by atoms with van der Waals surface area (Å²) in [5.74, 6) is 0.608. The van der Waals surface area contributed by atoms with Crippen molar-refractivity contribution in [2.24, 2.45) is 5.92 Å². The zero-order valence-electron chi connectivity index (χ0n) is 11.5. The van der Waals surface area contributed by atoms with Crippen LogP contribution in [0.15, 0.2) is 22.7 Å². The summed E-state index contributed by atoms with van der Waals surface area (Å²) in [5, 5.41) is 3.40. The van der Waals surface area contributed by atoms with Crippen LogP contribution in [0.3, 0.4) is 0 Å². The smallest absolute Gasteiger partial charge is 0.137 e. The van der Waals surface area contributed by atoms with Crippen LogP contribution in [-0.4, -0.2) is 31.1 Å². The van der Waals surface area contributed by atoms with Gasteiger partial charge >= 0.3 is 0 Å². The van der Waals surface area contributed by atoms with Crippen molar-refractivity contribution in [3.05, 3.63) is 34.1 Å². The van der Waals surface area contributed by atoms with Crippen molar-refractivity contribution < 1.29 is 4.39 Å². The zero-order chi connectivity index (χ0) is 13.7. The molecule has 4 heteroatoms. The molecule has 0 unspecified atom stereocenters. The molecule has 0 amide bonds. The van der Waals surface area contributed by atoms with Gasteiger partial charge in [-0.2, -0.15) is 0 Å². The van der Waals surface area contributed by atoms with Crippen molar-refractivity contribution in [3.63, 3.8) is 0 Å². The highest BCUT2D eigenvalue weighted by Crippen LogP contribution is 2.19. The molecular weight excluding hydrogens is 307 g/mol. The van der Waals surface area contributed by atoms with Crippen LogP contribution in [-0.2, 0) is 6.54 Å². The molecule has 0 radical (unpaired) electrons. The first-order valence-electron chi connectivity index (χ1n) is 7.06. The quantitative estimate of drug-likeness (QED) is 0.891. The van der Waals surface area contributed by atoms with Gasteiger partial charge in [-0.3, -0.25) is 4.90 Å². The van der Waals surface area contributed by atoms with Crippen molar-refractivity contribution in [3.8, 4) is 0 Å². The van der Waals surface area contributed by atoms with Gasteiger partial charge in [0.15, 0.2) is 0 Å². The number of piperidine rings is 1. The number of halogens is 2. The summed E-state index contributed by atoms with van der Waals surface area (Å²) in [5.41, 5.74) is 1.05. The second kappa shape index (κ2) is 7.36. The molecule has 0 aromatic heterocycles. The fourth-order valence-electron chi connectivity index (χ4n) is 2.63. The lowest BCUT2D eigenvalue weighted by atomic mass is 9.97. The minimum atomic E-state index is -0.171. The van der Waals surface area contributed by atoms with Crippen molar-refractivity contribution in [2.75, 3.05) is 26.2 Å². The molecule has 1 aliphatic rings. The summed E-state index contributed by atoms with van der Waals surface area (Å²) in [6.07, 6.45) is 2.51. The number of hydrogen-bond acceptors (Lipinski definition) is 2. The Kier molecular flexibility index (Phi) is 5.79. The van der Waals surface area contributed by atoms with Crippen LogP contribution < -0.4 is 5.32 Å². The summed E-state index contributed by atoms with van der Waals surface area (Å²) in [6, 6.07) is 5.43. The SMILES string of the molecule is CCN(Cc1ccc(Br)c(F)c1)CC1CCNCC1. The Morgan fingerprint density at radius 2 is 2.11 bits per heavy atom. The number of rotatable bonds is 5. The van der Waals surface area contributed by atoms with Gasteiger partial charge in [-0.1, -0.05) is 13.0 Å². The van der Waals surface area contributed by atoms with Crippen LogP contribution in [0.5, 0.6) is 0 Å². The normalized spacial score (nSPS) is 17.1. The Bertz CT molecular complexity index is 405. The minimum Gasteiger partial charge on any atom is -0.317 e. The lowest BCUT2D eigenvalue weighted by Gasteiger charge is -2.29. The average molecular weight is 329 g/mol. The molecule has 1 aliphatic heterocycles. The summed E-state index contributed by atoms with van der Waals surface area (Å²) in [7, 11) is 0. The molecule has 1 saturated heterocycles. The van der Waals surface area contributed by atoms with Gasteiger partial charge < -0.3 is 5.32 Å². The molecule has 2 nitrogen and oxygen atoms in total. The van der Waals surface area contributed by atoms with Crippen molar-refractivity contribution in [2.45, 2.75) is 26.3 Å². The predicted molar refractivity (Wildman–Crippen MR) is 80.6 cm³/mol. The van der Waals surface area contributed by atoms with E-state index in [1.165, 1.54) is 12.8 Å². The average Bonchev–Trinajstić information content (AvgIpc) is 2.43. The van der Waals surface area contributed by atoms with Gasteiger partial charge in [-0.15, -0.1) is 0 Å². The molecule has 0 atom stereocenters. The molecule has 106 valence electrons. The van der Waals surface area contributed by atoms with Gasteiger partial charge in [0, 0.05) is 13.1 Å². The Hall–Kier alpha value is -0.450. The van der Waals surface area contributed by atoms with Gasteiger partial charge in [-0.05, 0) is 72.0 Å². The van der Waals surface area contributed by atoms with E-state index in [9.17, 15) is 4.39 Å². The Labute approximate surface area is 123 Å². The molecule has 1 heterocycles. The Morgan fingerprint density at radius 3 is 2.74 bits per heavy atom. The van der Waals surface area contributed by atoms with E-state index in [-0.39, 0.29) is 5.82 Å². The number of hydrogen-bond donors (Lipinski definition) is 1. The van der Waals surface area contributed by atoms with Gasteiger partial charge in [0.25, 0.3) is 0 Å². The number of nitrogens with one attached hydrogen (secondary N) is 1. The van der Waals surface area contributed by atoms with Crippen LogP contribution in [0.4, 0.5) is 4.39 Å². The Morgan fingerprint density at radius 1 is 1.37 bits per heavy atom.